The highest BCUT2D eigenvalue weighted by Crippen LogP contribution is 2.06. The predicted molar refractivity (Wildman–Crippen MR) is 56.6 cm³/mol. The van der Waals surface area contributed by atoms with E-state index >= 15 is 0 Å². The molecule has 0 aliphatic heterocycles. The molecule has 0 bridgehead atoms. The Bertz CT molecular complexity index is 493. The molecule has 0 fully saturated rings. The third-order valence-electron chi connectivity index (χ3n) is 1.68. The Morgan fingerprint density at radius 3 is 2.69 bits per heavy atom. The summed E-state index contributed by atoms with van der Waals surface area (Å²) in [6.45, 7) is 3.46. The summed E-state index contributed by atoms with van der Waals surface area (Å²) in [5.74, 6) is -1.16. The molecule has 0 saturated heterocycles. The summed E-state index contributed by atoms with van der Waals surface area (Å²) in [5, 5.41) is 8.38. The Morgan fingerprint density at radius 1 is 1.56 bits per heavy atom. The van der Waals surface area contributed by atoms with Crippen LogP contribution in [0.1, 0.15) is 10.4 Å². The first-order valence-corrected chi connectivity index (χ1v) is 5.75. The minimum absolute atomic E-state index is 0.0670. The molecular weight excluding hydrogens is 232 g/mol. The van der Waals surface area contributed by atoms with E-state index in [0.717, 1.165) is 12.3 Å². The maximum Gasteiger partial charge on any atom is 0.337 e. The Morgan fingerprint density at radius 2 is 2.25 bits per heavy atom. The molecule has 0 aliphatic rings. The number of aromatic nitrogens is 1. The smallest absolute Gasteiger partial charge is 0.337 e. The van der Waals surface area contributed by atoms with Gasteiger partial charge in [-0.25, -0.2) is 22.9 Å². The van der Waals surface area contributed by atoms with Crippen LogP contribution in [-0.2, 0) is 10.0 Å². The van der Waals surface area contributed by atoms with Crippen molar-refractivity contribution in [2.75, 3.05) is 6.54 Å². The zero-order valence-corrected chi connectivity index (χ0v) is 9.07. The van der Waals surface area contributed by atoms with Gasteiger partial charge in [0.05, 0.1) is 5.56 Å². The van der Waals surface area contributed by atoms with Crippen molar-refractivity contribution in [1.29, 1.82) is 0 Å². The standard InChI is InChI=1S/C9H10N2O4S/c1-2-5-11-16(14,15)8-4-3-7(6-10-8)9(12)13/h2-4,6,11H,1,5H2,(H,12,13). The minimum Gasteiger partial charge on any atom is -0.478 e. The van der Waals surface area contributed by atoms with Gasteiger partial charge >= 0.3 is 5.97 Å². The Balaban J connectivity index is 2.97. The fourth-order valence-electron chi connectivity index (χ4n) is 0.908. The molecule has 86 valence electrons. The monoisotopic (exact) mass is 242 g/mol. The van der Waals surface area contributed by atoms with Gasteiger partial charge in [-0.05, 0) is 12.1 Å². The third kappa shape index (κ3) is 2.88. The van der Waals surface area contributed by atoms with Crippen molar-refractivity contribution in [3.63, 3.8) is 0 Å². The molecule has 0 aromatic carbocycles. The van der Waals surface area contributed by atoms with Crippen molar-refractivity contribution in [2.45, 2.75) is 5.03 Å². The second kappa shape index (κ2) is 4.86. The minimum atomic E-state index is -3.69. The van der Waals surface area contributed by atoms with Crippen LogP contribution in [0.2, 0.25) is 0 Å². The number of aromatic carboxylic acids is 1. The number of carbonyl (C=O) groups is 1. The molecule has 0 aliphatic carbocycles. The van der Waals surface area contributed by atoms with Gasteiger partial charge in [-0.15, -0.1) is 6.58 Å². The SMILES string of the molecule is C=CCNS(=O)(=O)c1ccc(C(=O)O)cn1. The van der Waals surface area contributed by atoms with Gasteiger partial charge in [0.2, 0.25) is 0 Å². The molecule has 0 amide bonds. The molecule has 0 atom stereocenters. The maximum absolute atomic E-state index is 11.5. The molecule has 16 heavy (non-hydrogen) atoms. The highest BCUT2D eigenvalue weighted by atomic mass is 32.2. The molecule has 0 radical (unpaired) electrons. The first kappa shape index (κ1) is 12.3. The largest absolute Gasteiger partial charge is 0.478 e. The predicted octanol–water partition coefficient (Wildman–Crippen LogP) is 0.244. The van der Waals surface area contributed by atoms with Crippen molar-refractivity contribution in [2.24, 2.45) is 0 Å². The highest BCUT2D eigenvalue weighted by Gasteiger charge is 2.14. The van der Waals surface area contributed by atoms with Gasteiger partial charge in [0.1, 0.15) is 0 Å². The summed E-state index contributed by atoms with van der Waals surface area (Å²) in [6.07, 6.45) is 2.38. The normalized spacial score (nSPS) is 11.0. The summed E-state index contributed by atoms with van der Waals surface area (Å²) in [7, 11) is -3.69. The van der Waals surface area contributed by atoms with E-state index in [-0.39, 0.29) is 17.1 Å². The summed E-state index contributed by atoms with van der Waals surface area (Å²) in [4.78, 5) is 14.1. The van der Waals surface area contributed by atoms with Gasteiger partial charge < -0.3 is 5.11 Å². The maximum atomic E-state index is 11.5. The summed E-state index contributed by atoms with van der Waals surface area (Å²) in [6, 6.07) is 2.31. The van der Waals surface area contributed by atoms with Crippen molar-refractivity contribution >= 4 is 16.0 Å². The van der Waals surface area contributed by atoms with Crippen molar-refractivity contribution in [1.82, 2.24) is 9.71 Å². The van der Waals surface area contributed by atoms with Gasteiger partial charge in [0.25, 0.3) is 10.0 Å². The molecular formula is C9H10N2O4S. The molecule has 1 aromatic heterocycles. The van der Waals surface area contributed by atoms with Crippen LogP contribution < -0.4 is 4.72 Å². The second-order valence-corrected chi connectivity index (χ2v) is 4.54. The molecule has 0 saturated carbocycles. The van der Waals surface area contributed by atoms with E-state index in [2.05, 4.69) is 16.3 Å². The van der Waals surface area contributed by atoms with Gasteiger partial charge in [-0.1, -0.05) is 6.08 Å². The molecule has 2 N–H and O–H groups in total. The average molecular weight is 242 g/mol. The van der Waals surface area contributed by atoms with E-state index in [9.17, 15) is 13.2 Å². The Hall–Kier alpha value is -1.73. The summed E-state index contributed by atoms with van der Waals surface area (Å²) in [5.41, 5.74) is -0.0670. The van der Waals surface area contributed by atoms with Gasteiger partial charge in [0.15, 0.2) is 5.03 Å². The van der Waals surface area contributed by atoms with Crippen molar-refractivity contribution < 1.29 is 18.3 Å². The number of sulfonamides is 1. The number of nitrogens with zero attached hydrogens (tertiary/aromatic N) is 1. The van der Waals surface area contributed by atoms with Crippen LogP contribution in [0.25, 0.3) is 0 Å². The van der Waals surface area contributed by atoms with Crippen LogP contribution in [0, 0.1) is 0 Å². The Labute approximate surface area is 92.7 Å². The second-order valence-electron chi connectivity index (χ2n) is 2.83. The lowest BCUT2D eigenvalue weighted by atomic mass is 10.3. The lowest BCUT2D eigenvalue weighted by molar-refractivity contribution is 0.0696. The number of pyridine rings is 1. The first-order valence-electron chi connectivity index (χ1n) is 4.27. The number of nitrogens with one attached hydrogen (secondary N) is 1. The van der Waals surface area contributed by atoms with Crippen LogP contribution in [0.3, 0.4) is 0 Å². The van der Waals surface area contributed by atoms with Crippen molar-refractivity contribution in [3.05, 3.63) is 36.5 Å². The number of rotatable bonds is 5. The fraction of sp³-hybridized carbons (Fsp3) is 0.111. The third-order valence-corrected chi connectivity index (χ3v) is 3.02. The van der Waals surface area contributed by atoms with E-state index in [4.69, 9.17) is 5.11 Å². The zero-order chi connectivity index (χ0) is 12.2. The quantitative estimate of drug-likeness (QED) is 0.721. The number of hydrogen-bond acceptors (Lipinski definition) is 4. The highest BCUT2D eigenvalue weighted by molar-refractivity contribution is 7.89. The van der Waals surface area contributed by atoms with Crippen LogP contribution in [0.4, 0.5) is 0 Å². The van der Waals surface area contributed by atoms with E-state index in [0.29, 0.717) is 0 Å². The molecule has 1 rings (SSSR count). The van der Waals surface area contributed by atoms with E-state index in [1.54, 1.807) is 0 Å². The van der Waals surface area contributed by atoms with E-state index in [1.165, 1.54) is 12.1 Å². The lowest BCUT2D eigenvalue weighted by Crippen LogP contribution is -2.24. The van der Waals surface area contributed by atoms with Crippen LogP contribution >= 0.6 is 0 Å². The zero-order valence-electron chi connectivity index (χ0n) is 8.25. The van der Waals surface area contributed by atoms with Crippen LogP contribution in [0.5, 0.6) is 0 Å². The molecule has 6 nitrogen and oxygen atoms in total. The van der Waals surface area contributed by atoms with Gasteiger partial charge in [-0.3, -0.25) is 0 Å². The fourth-order valence-corrected chi connectivity index (χ4v) is 1.83. The van der Waals surface area contributed by atoms with Crippen LogP contribution in [-0.4, -0.2) is 31.0 Å². The van der Waals surface area contributed by atoms with Gasteiger partial charge in [0, 0.05) is 12.7 Å². The molecule has 0 spiro atoms. The average Bonchev–Trinajstić information content (AvgIpc) is 2.26. The lowest BCUT2D eigenvalue weighted by Gasteiger charge is -2.03. The van der Waals surface area contributed by atoms with E-state index in [1.807, 2.05) is 0 Å². The number of hydrogen-bond donors (Lipinski definition) is 2. The van der Waals surface area contributed by atoms with Crippen molar-refractivity contribution in [3.8, 4) is 0 Å². The van der Waals surface area contributed by atoms with Crippen LogP contribution in [0.15, 0.2) is 36.0 Å². The number of carboxylic acid groups (broad SMARTS) is 1. The molecule has 0 unspecified atom stereocenters. The number of carboxylic acids is 1. The summed E-state index contributed by atoms with van der Waals surface area (Å²) < 4.78 is 25.2. The molecule has 1 heterocycles. The van der Waals surface area contributed by atoms with E-state index < -0.39 is 16.0 Å². The first-order chi connectivity index (χ1) is 7.47. The van der Waals surface area contributed by atoms with Gasteiger partial charge in [-0.2, -0.15) is 0 Å². The summed E-state index contributed by atoms with van der Waals surface area (Å²) >= 11 is 0. The Kier molecular flexibility index (Phi) is 3.75. The molecule has 7 heteroatoms. The molecule has 1 aromatic rings. The topological polar surface area (TPSA) is 96.4 Å².